The molecule has 0 aliphatic heterocycles. The van der Waals surface area contributed by atoms with Crippen LogP contribution < -0.4 is 0 Å². The highest BCUT2D eigenvalue weighted by Gasteiger charge is 1.97. The zero-order valence-corrected chi connectivity index (χ0v) is 7.00. The maximum absolute atomic E-state index is 10.4. The summed E-state index contributed by atoms with van der Waals surface area (Å²) in [5, 5.41) is 0. The second-order valence-electron chi connectivity index (χ2n) is 1.35. The Balaban J connectivity index is 2.97. The SMILES string of the molecule is COC(=O)CSCCS. The van der Waals surface area contributed by atoms with Gasteiger partial charge in [0.2, 0.25) is 0 Å². The van der Waals surface area contributed by atoms with E-state index < -0.39 is 0 Å². The smallest absolute Gasteiger partial charge is 0.315 e. The van der Waals surface area contributed by atoms with Crippen molar-refractivity contribution in [1.82, 2.24) is 0 Å². The van der Waals surface area contributed by atoms with Crippen LogP contribution in [0.3, 0.4) is 0 Å². The van der Waals surface area contributed by atoms with Gasteiger partial charge in [0.1, 0.15) is 0 Å². The van der Waals surface area contributed by atoms with Gasteiger partial charge in [0.05, 0.1) is 12.9 Å². The van der Waals surface area contributed by atoms with Crippen molar-refractivity contribution < 1.29 is 9.53 Å². The zero-order chi connectivity index (χ0) is 7.11. The molecule has 4 heteroatoms. The van der Waals surface area contributed by atoms with Gasteiger partial charge in [-0.25, -0.2) is 0 Å². The van der Waals surface area contributed by atoms with Crippen LogP contribution in [-0.4, -0.2) is 30.3 Å². The number of esters is 1. The normalized spacial score (nSPS) is 9.11. The number of carbonyl (C=O) groups excluding carboxylic acids is 1. The highest BCUT2D eigenvalue weighted by atomic mass is 32.2. The van der Waals surface area contributed by atoms with E-state index in [1.807, 2.05) is 0 Å². The fourth-order valence-corrected chi connectivity index (χ4v) is 1.22. The highest BCUT2D eigenvalue weighted by Crippen LogP contribution is 1.99. The number of hydrogen-bond acceptors (Lipinski definition) is 4. The molecule has 0 spiro atoms. The average Bonchev–Trinajstić information content (AvgIpc) is 1.89. The van der Waals surface area contributed by atoms with Crippen LogP contribution in [0.15, 0.2) is 0 Å². The molecule has 0 bridgehead atoms. The highest BCUT2D eigenvalue weighted by molar-refractivity contribution is 8.00. The molecule has 0 aliphatic rings. The molecule has 0 atom stereocenters. The molecule has 0 rings (SSSR count). The third-order valence-electron chi connectivity index (χ3n) is 0.683. The van der Waals surface area contributed by atoms with Crippen LogP contribution in [0.1, 0.15) is 0 Å². The number of ether oxygens (including phenoxy) is 1. The molecular formula is C5H10O2S2. The predicted octanol–water partition coefficient (Wildman–Crippen LogP) is 0.822. The Morgan fingerprint density at radius 2 is 2.44 bits per heavy atom. The first kappa shape index (κ1) is 9.17. The first-order valence-corrected chi connectivity index (χ1v) is 4.35. The first-order chi connectivity index (χ1) is 4.31. The van der Waals surface area contributed by atoms with Gasteiger partial charge in [-0.15, -0.1) is 11.8 Å². The summed E-state index contributed by atoms with van der Waals surface area (Å²) < 4.78 is 4.41. The second-order valence-corrected chi connectivity index (χ2v) is 2.90. The van der Waals surface area contributed by atoms with Crippen LogP contribution in [0.5, 0.6) is 0 Å². The molecule has 0 aliphatic carbocycles. The number of hydrogen-bond donors (Lipinski definition) is 1. The lowest BCUT2D eigenvalue weighted by Crippen LogP contribution is -2.03. The molecule has 0 fully saturated rings. The molecule has 0 saturated heterocycles. The van der Waals surface area contributed by atoms with Crippen LogP contribution in [-0.2, 0) is 9.53 Å². The van der Waals surface area contributed by atoms with Crippen LogP contribution in [0.4, 0.5) is 0 Å². The van der Waals surface area contributed by atoms with Gasteiger partial charge in [0, 0.05) is 5.75 Å². The molecule has 0 aromatic rings. The van der Waals surface area contributed by atoms with E-state index in [-0.39, 0.29) is 5.97 Å². The number of carbonyl (C=O) groups is 1. The topological polar surface area (TPSA) is 26.3 Å². The van der Waals surface area contributed by atoms with Gasteiger partial charge in [-0.1, -0.05) is 0 Å². The van der Waals surface area contributed by atoms with Gasteiger partial charge < -0.3 is 4.74 Å². The maximum atomic E-state index is 10.4. The van der Waals surface area contributed by atoms with E-state index in [4.69, 9.17) is 0 Å². The van der Waals surface area contributed by atoms with E-state index >= 15 is 0 Å². The van der Waals surface area contributed by atoms with Crippen LogP contribution >= 0.6 is 24.4 Å². The molecule has 0 radical (unpaired) electrons. The summed E-state index contributed by atoms with van der Waals surface area (Å²) in [6.45, 7) is 0. The molecule has 0 amide bonds. The molecular weight excluding hydrogens is 156 g/mol. The van der Waals surface area contributed by atoms with Crippen LogP contribution in [0.25, 0.3) is 0 Å². The fraction of sp³-hybridized carbons (Fsp3) is 0.800. The van der Waals surface area contributed by atoms with Crippen molar-refractivity contribution >= 4 is 30.4 Å². The van der Waals surface area contributed by atoms with E-state index in [2.05, 4.69) is 17.4 Å². The van der Waals surface area contributed by atoms with Gasteiger partial charge in [-0.3, -0.25) is 4.79 Å². The lowest BCUT2D eigenvalue weighted by atomic mass is 10.8. The monoisotopic (exact) mass is 166 g/mol. The molecule has 0 aromatic heterocycles. The number of thiol groups is 1. The Morgan fingerprint density at radius 3 is 2.89 bits per heavy atom. The number of thioether (sulfide) groups is 1. The fourth-order valence-electron chi connectivity index (χ4n) is 0.279. The van der Waals surface area contributed by atoms with Crippen molar-refractivity contribution in [2.45, 2.75) is 0 Å². The average molecular weight is 166 g/mol. The summed E-state index contributed by atoms with van der Waals surface area (Å²) in [6, 6.07) is 0. The zero-order valence-electron chi connectivity index (χ0n) is 5.29. The lowest BCUT2D eigenvalue weighted by molar-refractivity contribution is -0.137. The van der Waals surface area contributed by atoms with E-state index in [1.54, 1.807) is 0 Å². The molecule has 54 valence electrons. The van der Waals surface area contributed by atoms with Crippen LogP contribution in [0, 0.1) is 0 Å². The van der Waals surface area contributed by atoms with E-state index in [0.29, 0.717) is 5.75 Å². The van der Waals surface area contributed by atoms with Gasteiger partial charge in [-0.2, -0.15) is 12.6 Å². The molecule has 0 saturated carbocycles. The number of rotatable bonds is 4. The predicted molar refractivity (Wildman–Crippen MR) is 43.2 cm³/mol. The Morgan fingerprint density at radius 1 is 1.78 bits per heavy atom. The Kier molecular flexibility index (Phi) is 6.41. The van der Waals surface area contributed by atoms with E-state index in [0.717, 1.165) is 11.5 Å². The Hall–Kier alpha value is 0.170. The first-order valence-electron chi connectivity index (χ1n) is 2.56. The van der Waals surface area contributed by atoms with Gasteiger partial charge in [0.25, 0.3) is 0 Å². The maximum Gasteiger partial charge on any atom is 0.315 e. The molecule has 0 unspecified atom stereocenters. The Bertz CT molecular complexity index is 85.0. The minimum atomic E-state index is -0.165. The van der Waals surface area contributed by atoms with Gasteiger partial charge >= 0.3 is 5.97 Å². The minimum absolute atomic E-state index is 0.165. The van der Waals surface area contributed by atoms with Crippen molar-refractivity contribution in [1.29, 1.82) is 0 Å². The quantitative estimate of drug-likeness (QED) is 0.380. The van der Waals surface area contributed by atoms with Crippen molar-refractivity contribution in [3.63, 3.8) is 0 Å². The van der Waals surface area contributed by atoms with E-state index in [9.17, 15) is 4.79 Å². The standard InChI is InChI=1S/C5H10O2S2/c1-7-5(6)4-9-3-2-8/h8H,2-4H2,1H3. The summed E-state index contributed by atoms with van der Waals surface area (Å²) in [6.07, 6.45) is 0. The summed E-state index contributed by atoms with van der Waals surface area (Å²) in [5.41, 5.74) is 0. The molecule has 0 heterocycles. The second kappa shape index (κ2) is 6.29. The summed E-state index contributed by atoms with van der Waals surface area (Å²) in [4.78, 5) is 10.4. The third-order valence-corrected chi connectivity index (χ3v) is 2.14. The largest absolute Gasteiger partial charge is 0.468 e. The minimum Gasteiger partial charge on any atom is -0.468 e. The van der Waals surface area contributed by atoms with Crippen molar-refractivity contribution in [3.05, 3.63) is 0 Å². The summed E-state index contributed by atoms with van der Waals surface area (Å²) in [7, 11) is 1.39. The van der Waals surface area contributed by atoms with Gasteiger partial charge in [-0.05, 0) is 5.75 Å². The summed E-state index contributed by atoms with van der Waals surface area (Å²) >= 11 is 5.51. The lowest BCUT2D eigenvalue weighted by Gasteiger charge is -1.95. The molecule has 9 heavy (non-hydrogen) atoms. The van der Waals surface area contributed by atoms with Crippen molar-refractivity contribution in [3.8, 4) is 0 Å². The van der Waals surface area contributed by atoms with E-state index in [1.165, 1.54) is 18.9 Å². The van der Waals surface area contributed by atoms with Crippen LogP contribution in [0.2, 0.25) is 0 Å². The van der Waals surface area contributed by atoms with Crippen molar-refractivity contribution in [2.24, 2.45) is 0 Å². The third kappa shape index (κ3) is 6.05. The Labute approximate surface area is 64.8 Å². The molecule has 0 aromatic carbocycles. The molecule has 2 nitrogen and oxygen atoms in total. The molecule has 0 N–H and O–H groups in total. The number of methoxy groups -OCH3 is 1. The van der Waals surface area contributed by atoms with Gasteiger partial charge in [0.15, 0.2) is 0 Å². The summed E-state index contributed by atoms with van der Waals surface area (Å²) in [5.74, 6) is 1.98. The van der Waals surface area contributed by atoms with Crippen molar-refractivity contribution in [2.75, 3.05) is 24.4 Å².